The molecule has 2 rings (SSSR count). The molecule has 5 nitrogen and oxygen atoms in total. The van der Waals surface area contributed by atoms with E-state index in [1.165, 1.54) is 0 Å². The Morgan fingerprint density at radius 3 is 2.95 bits per heavy atom. The first-order valence-corrected chi connectivity index (χ1v) is 6.70. The molecule has 0 aliphatic rings. The number of fused-ring (bicyclic) bond motifs is 1. The van der Waals surface area contributed by atoms with E-state index in [1.54, 1.807) is 0 Å². The van der Waals surface area contributed by atoms with Crippen LogP contribution in [0.1, 0.15) is 18.6 Å². The molecule has 1 unspecified atom stereocenters. The smallest absolute Gasteiger partial charge is 0.246 e. The highest BCUT2D eigenvalue weighted by Crippen LogP contribution is 2.25. The fourth-order valence-corrected chi connectivity index (χ4v) is 2.20. The number of nitrogens with one attached hydrogen (secondary N) is 1. The van der Waals surface area contributed by atoms with Gasteiger partial charge in [0.25, 0.3) is 0 Å². The quantitative estimate of drug-likeness (QED) is 0.837. The molecule has 5 heteroatoms. The Morgan fingerprint density at radius 1 is 1.45 bits per heavy atom. The first-order chi connectivity index (χ1) is 9.63. The maximum Gasteiger partial charge on any atom is 0.246 e. The number of para-hydroxylation sites is 1. The van der Waals surface area contributed by atoms with Gasteiger partial charge in [-0.1, -0.05) is 18.2 Å². The van der Waals surface area contributed by atoms with Crippen molar-refractivity contribution in [3.8, 4) is 0 Å². The number of aliphatic hydroxyl groups excluding tert-OH is 1. The van der Waals surface area contributed by atoms with Crippen molar-refractivity contribution in [2.45, 2.75) is 13.0 Å². The van der Waals surface area contributed by atoms with E-state index in [2.05, 4.69) is 5.32 Å². The summed E-state index contributed by atoms with van der Waals surface area (Å²) in [4.78, 5) is 11.5. The van der Waals surface area contributed by atoms with Gasteiger partial charge in [-0.05, 0) is 13.0 Å². The van der Waals surface area contributed by atoms with Crippen LogP contribution in [0.3, 0.4) is 0 Å². The highest BCUT2D eigenvalue weighted by atomic mass is 16.5. The molecule has 0 fully saturated rings. The normalized spacial score (nSPS) is 12.6. The molecule has 0 aliphatic carbocycles. The van der Waals surface area contributed by atoms with Crippen molar-refractivity contribution >= 4 is 16.8 Å². The van der Waals surface area contributed by atoms with E-state index in [1.807, 2.05) is 49.0 Å². The molecule has 1 atom stereocenters. The largest absolute Gasteiger partial charge is 0.386 e. The highest BCUT2D eigenvalue weighted by Gasteiger charge is 2.15. The average Bonchev–Trinajstić information content (AvgIpc) is 2.80. The summed E-state index contributed by atoms with van der Waals surface area (Å²) in [5, 5.41) is 13.9. The maximum atomic E-state index is 11.5. The predicted molar refractivity (Wildman–Crippen MR) is 77.4 cm³/mol. The van der Waals surface area contributed by atoms with Gasteiger partial charge in [-0.15, -0.1) is 0 Å². The minimum atomic E-state index is -0.730. The first kappa shape index (κ1) is 14.6. The fraction of sp³-hybridized carbons (Fsp3) is 0.400. The van der Waals surface area contributed by atoms with Crippen molar-refractivity contribution in [1.82, 2.24) is 9.88 Å². The number of ether oxygens (including phenoxy) is 1. The molecule has 2 aromatic rings. The van der Waals surface area contributed by atoms with Gasteiger partial charge in [0.2, 0.25) is 5.91 Å². The number of aliphatic hydroxyl groups is 1. The second-order valence-electron chi connectivity index (χ2n) is 4.67. The molecule has 0 saturated heterocycles. The Balaban J connectivity index is 2.04. The summed E-state index contributed by atoms with van der Waals surface area (Å²) in [5.74, 6) is -0.217. The van der Waals surface area contributed by atoms with Crippen LogP contribution in [0.2, 0.25) is 0 Å². The second-order valence-corrected chi connectivity index (χ2v) is 4.67. The molecule has 1 aromatic heterocycles. The zero-order valence-corrected chi connectivity index (χ0v) is 11.8. The molecular formula is C15H20N2O3. The molecule has 1 aromatic carbocycles. The van der Waals surface area contributed by atoms with Gasteiger partial charge in [0.15, 0.2) is 0 Å². The lowest BCUT2D eigenvalue weighted by atomic mass is 10.1. The van der Waals surface area contributed by atoms with E-state index in [9.17, 15) is 9.90 Å². The number of benzene rings is 1. The summed E-state index contributed by atoms with van der Waals surface area (Å²) in [6.45, 7) is 2.54. The molecule has 108 valence electrons. The Morgan fingerprint density at radius 2 is 2.20 bits per heavy atom. The van der Waals surface area contributed by atoms with E-state index in [0.717, 1.165) is 16.5 Å². The lowest BCUT2D eigenvalue weighted by Gasteiger charge is -2.11. The van der Waals surface area contributed by atoms with Crippen molar-refractivity contribution in [3.63, 3.8) is 0 Å². The van der Waals surface area contributed by atoms with Crippen molar-refractivity contribution in [3.05, 3.63) is 36.0 Å². The van der Waals surface area contributed by atoms with Crippen LogP contribution < -0.4 is 5.32 Å². The number of hydrogen-bond acceptors (Lipinski definition) is 3. The molecule has 1 amide bonds. The van der Waals surface area contributed by atoms with Crippen LogP contribution in [0.15, 0.2) is 30.5 Å². The summed E-state index contributed by atoms with van der Waals surface area (Å²) >= 11 is 0. The summed E-state index contributed by atoms with van der Waals surface area (Å²) in [6.07, 6.45) is 1.16. The van der Waals surface area contributed by atoms with E-state index >= 15 is 0 Å². The minimum absolute atomic E-state index is 0.0265. The van der Waals surface area contributed by atoms with E-state index in [-0.39, 0.29) is 19.1 Å². The molecule has 1 heterocycles. The molecule has 0 spiro atoms. The van der Waals surface area contributed by atoms with Gasteiger partial charge in [-0.25, -0.2) is 0 Å². The second kappa shape index (κ2) is 6.54. The summed E-state index contributed by atoms with van der Waals surface area (Å²) in [7, 11) is 1.94. The number of rotatable bonds is 6. The molecule has 0 radical (unpaired) electrons. The van der Waals surface area contributed by atoms with Gasteiger partial charge in [-0.2, -0.15) is 0 Å². The minimum Gasteiger partial charge on any atom is -0.386 e. The number of nitrogens with zero attached hydrogens (tertiary/aromatic N) is 1. The third kappa shape index (κ3) is 3.18. The molecule has 0 aliphatic heterocycles. The maximum absolute atomic E-state index is 11.5. The van der Waals surface area contributed by atoms with Gasteiger partial charge in [-0.3, -0.25) is 4.79 Å². The van der Waals surface area contributed by atoms with Crippen LogP contribution in [0.5, 0.6) is 0 Å². The Kier molecular flexibility index (Phi) is 4.76. The van der Waals surface area contributed by atoms with Gasteiger partial charge in [0.05, 0.1) is 6.10 Å². The van der Waals surface area contributed by atoms with Crippen LogP contribution in [-0.4, -0.2) is 35.3 Å². The van der Waals surface area contributed by atoms with Gasteiger partial charge >= 0.3 is 0 Å². The topological polar surface area (TPSA) is 63.5 Å². The number of aromatic nitrogens is 1. The number of hydrogen-bond donors (Lipinski definition) is 2. The summed E-state index contributed by atoms with van der Waals surface area (Å²) in [6, 6.07) is 7.86. The van der Waals surface area contributed by atoms with Crippen molar-refractivity contribution in [2.24, 2.45) is 7.05 Å². The lowest BCUT2D eigenvalue weighted by molar-refractivity contribution is -0.126. The van der Waals surface area contributed by atoms with Crippen molar-refractivity contribution in [1.29, 1.82) is 0 Å². The number of carbonyl (C=O) groups is 1. The molecule has 0 saturated carbocycles. The molecule has 2 N–H and O–H groups in total. The van der Waals surface area contributed by atoms with Crippen LogP contribution >= 0.6 is 0 Å². The van der Waals surface area contributed by atoms with Crippen LogP contribution in [0, 0.1) is 0 Å². The summed E-state index contributed by atoms with van der Waals surface area (Å²) < 4.78 is 6.98. The van der Waals surface area contributed by atoms with Crippen LogP contribution in [-0.2, 0) is 16.6 Å². The van der Waals surface area contributed by atoms with Gasteiger partial charge < -0.3 is 19.7 Å². The van der Waals surface area contributed by atoms with E-state index in [0.29, 0.717) is 6.61 Å². The standard InChI is InChI=1S/C15H20N2O3/c1-3-20-10-15(19)16-8-14(18)12-9-17(2)13-7-5-4-6-11(12)13/h4-7,9,14,18H,3,8,10H2,1-2H3,(H,16,19). The highest BCUT2D eigenvalue weighted by molar-refractivity contribution is 5.84. The number of amides is 1. The van der Waals surface area contributed by atoms with Crippen LogP contribution in [0.4, 0.5) is 0 Å². The van der Waals surface area contributed by atoms with Gasteiger partial charge in [0.1, 0.15) is 6.61 Å². The Labute approximate surface area is 118 Å². The number of aryl methyl sites for hydroxylation is 1. The average molecular weight is 276 g/mol. The Hall–Kier alpha value is -1.85. The lowest BCUT2D eigenvalue weighted by Crippen LogP contribution is -2.31. The van der Waals surface area contributed by atoms with Crippen molar-refractivity contribution < 1.29 is 14.6 Å². The van der Waals surface area contributed by atoms with Gasteiger partial charge in [0, 0.05) is 42.9 Å². The zero-order chi connectivity index (χ0) is 14.5. The SMILES string of the molecule is CCOCC(=O)NCC(O)c1cn(C)c2ccccc12. The molecular weight excluding hydrogens is 256 g/mol. The fourth-order valence-electron chi connectivity index (χ4n) is 2.20. The third-order valence-corrected chi connectivity index (χ3v) is 3.22. The monoisotopic (exact) mass is 276 g/mol. The first-order valence-electron chi connectivity index (χ1n) is 6.70. The summed E-state index contributed by atoms with van der Waals surface area (Å²) in [5.41, 5.74) is 1.88. The van der Waals surface area contributed by atoms with E-state index < -0.39 is 6.10 Å². The third-order valence-electron chi connectivity index (χ3n) is 3.22. The zero-order valence-electron chi connectivity index (χ0n) is 11.8. The Bertz CT molecular complexity index is 592. The number of carbonyl (C=O) groups excluding carboxylic acids is 1. The van der Waals surface area contributed by atoms with Crippen molar-refractivity contribution in [2.75, 3.05) is 19.8 Å². The molecule has 0 bridgehead atoms. The van der Waals surface area contributed by atoms with Crippen LogP contribution in [0.25, 0.3) is 10.9 Å². The molecule has 20 heavy (non-hydrogen) atoms. The van der Waals surface area contributed by atoms with E-state index in [4.69, 9.17) is 4.74 Å². The predicted octanol–water partition coefficient (Wildman–Crippen LogP) is 1.36.